The second-order valence-corrected chi connectivity index (χ2v) is 1.41. The quantitative estimate of drug-likeness (QED) is 0.435. The number of hydrogen-bond acceptors (Lipinski definition) is 1. The van der Waals surface area contributed by atoms with E-state index in [0.29, 0.717) is 0 Å². The summed E-state index contributed by atoms with van der Waals surface area (Å²) >= 11 is 0. The number of rotatable bonds is 0. The molecule has 0 unspecified atom stereocenters. The summed E-state index contributed by atoms with van der Waals surface area (Å²) in [6, 6.07) is 0. The van der Waals surface area contributed by atoms with Crippen LogP contribution in [0.3, 0.4) is 0 Å². The normalized spacial score (nSPS) is 21.4. The van der Waals surface area contributed by atoms with Crippen LogP contribution in [-0.2, 0) is 0 Å². The van der Waals surface area contributed by atoms with Crippen LogP contribution in [0.4, 0.5) is 0 Å². The maximum atomic E-state index is 3.93. The summed E-state index contributed by atoms with van der Waals surface area (Å²) in [5.74, 6) is 0.785. The Hall–Kier alpha value is -1.05. The number of allylic oxidation sites excluding steroid dienone is 2. The fourth-order valence-electron chi connectivity index (χ4n) is 0.486. The van der Waals surface area contributed by atoms with Crippen molar-refractivity contribution in [3.63, 3.8) is 0 Å². The highest BCUT2D eigenvalue weighted by molar-refractivity contribution is 5.94. The molecule has 41 valence electrons. The first-order valence-corrected chi connectivity index (χ1v) is 2.44. The largest absolute Gasteiger partial charge is 0.270 e. The Morgan fingerprint density at radius 2 is 2.38 bits per heavy atom. The van der Waals surface area contributed by atoms with E-state index in [1.54, 1.807) is 13.2 Å². The SMILES string of the molecule is C/N=C1/C=CC=C[N]1. The van der Waals surface area contributed by atoms with Gasteiger partial charge in [-0.2, -0.15) is 0 Å². The summed E-state index contributed by atoms with van der Waals surface area (Å²) in [5.41, 5.74) is 0. The highest BCUT2D eigenvalue weighted by Gasteiger charge is 1.90. The molecule has 0 fully saturated rings. The van der Waals surface area contributed by atoms with E-state index in [-0.39, 0.29) is 0 Å². The van der Waals surface area contributed by atoms with Gasteiger partial charge in [-0.25, -0.2) is 5.32 Å². The van der Waals surface area contributed by atoms with Crippen LogP contribution in [0.25, 0.3) is 0 Å². The Morgan fingerprint density at radius 1 is 1.50 bits per heavy atom. The Kier molecular flexibility index (Phi) is 1.47. The van der Waals surface area contributed by atoms with Crippen molar-refractivity contribution in [2.24, 2.45) is 4.99 Å². The van der Waals surface area contributed by atoms with Gasteiger partial charge >= 0.3 is 0 Å². The number of amidine groups is 1. The van der Waals surface area contributed by atoms with Crippen LogP contribution in [-0.4, -0.2) is 12.9 Å². The van der Waals surface area contributed by atoms with Gasteiger partial charge in [0.2, 0.25) is 0 Å². The minimum Gasteiger partial charge on any atom is -0.270 e. The minimum absolute atomic E-state index is 0.785. The van der Waals surface area contributed by atoms with Crippen molar-refractivity contribution in [1.29, 1.82) is 0 Å². The predicted molar refractivity (Wildman–Crippen MR) is 33.8 cm³/mol. The molecular formula is C6H7N2. The van der Waals surface area contributed by atoms with E-state index in [4.69, 9.17) is 0 Å². The molecule has 0 aromatic rings. The van der Waals surface area contributed by atoms with Gasteiger partial charge in [-0.05, 0) is 12.2 Å². The molecule has 0 saturated heterocycles. The molecule has 8 heavy (non-hydrogen) atoms. The summed E-state index contributed by atoms with van der Waals surface area (Å²) < 4.78 is 0. The smallest absolute Gasteiger partial charge is 0.146 e. The molecule has 0 aromatic carbocycles. The van der Waals surface area contributed by atoms with Crippen molar-refractivity contribution in [3.8, 4) is 0 Å². The zero-order valence-electron chi connectivity index (χ0n) is 4.70. The van der Waals surface area contributed by atoms with E-state index in [0.717, 1.165) is 5.84 Å². The maximum absolute atomic E-state index is 3.93. The molecule has 2 nitrogen and oxygen atoms in total. The Morgan fingerprint density at radius 3 is 2.75 bits per heavy atom. The Bertz CT molecular complexity index is 154. The molecule has 0 bridgehead atoms. The van der Waals surface area contributed by atoms with Crippen molar-refractivity contribution in [2.45, 2.75) is 0 Å². The zero-order chi connectivity index (χ0) is 5.82. The van der Waals surface area contributed by atoms with Crippen LogP contribution in [0.1, 0.15) is 0 Å². The van der Waals surface area contributed by atoms with Gasteiger partial charge in [0.15, 0.2) is 0 Å². The lowest BCUT2D eigenvalue weighted by atomic mass is 10.4. The molecule has 1 radical (unpaired) electrons. The molecular weight excluding hydrogens is 100 g/mol. The molecule has 2 heteroatoms. The van der Waals surface area contributed by atoms with Gasteiger partial charge in [0.25, 0.3) is 0 Å². The number of aliphatic imine (C=N–C) groups is 1. The summed E-state index contributed by atoms with van der Waals surface area (Å²) in [5, 5.41) is 3.93. The second kappa shape index (κ2) is 2.31. The van der Waals surface area contributed by atoms with Gasteiger partial charge in [0.1, 0.15) is 5.84 Å². The molecule has 1 aliphatic heterocycles. The molecule has 1 aliphatic rings. The lowest BCUT2D eigenvalue weighted by Crippen LogP contribution is -2.07. The molecule has 0 saturated carbocycles. The van der Waals surface area contributed by atoms with Crippen molar-refractivity contribution in [1.82, 2.24) is 5.32 Å². The van der Waals surface area contributed by atoms with Crippen LogP contribution >= 0.6 is 0 Å². The van der Waals surface area contributed by atoms with Crippen molar-refractivity contribution < 1.29 is 0 Å². The van der Waals surface area contributed by atoms with Crippen molar-refractivity contribution >= 4 is 5.84 Å². The zero-order valence-corrected chi connectivity index (χ0v) is 4.70. The van der Waals surface area contributed by atoms with E-state index in [1.807, 2.05) is 18.2 Å². The van der Waals surface area contributed by atoms with Gasteiger partial charge in [-0.1, -0.05) is 6.08 Å². The van der Waals surface area contributed by atoms with Crippen LogP contribution in [0.15, 0.2) is 29.4 Å². The van der Waals surface area contributed by atoms with Gasteiger partial charge in [0.05, 0.1) is 0 Å². The molecule has 0 atom stereocenters. The summed E-state index contributed by atoms with van der Waals surface area (Å²) in [4.78, 5) is 3.86. The molecule has 1 heterocycles. The van der Waals surface area contributed by atoms with E-state index < -0.39 is 0 Å². The monoisotopic (exact) mass is 107 g/mol. The first-order chi connectivity index (χ1) is 3.93. The van der Waals surface area contributed by atoms with E-state index in [2.05, 4.69) is 10.3 Å². The van der Waals surface area contributed by atoms with Crippen molar-refractivity contribution in [3.05, 3.63) is 24.4 Å². The molecule has 0 aromatic heterocycles. The van der Waals surface area contributed by atoms with E-state index in [1.165, 1.54) is 0 Å². The standard InChI is InChI=1S/C6H7N2/c1-7-6-4-2-3-5-8-6/h2-5H,1H3/b7-6-. The Balaban J connectivity index is 2.66. The van der Waals surface area contributed by atoms with Gasteiger partial charge in [-0.3, -0.25) is 4.99 Å². The first-order valence-electron chi connectivity index (χ1n) is 2.44. The average molecular weight is 107 g/mol. The topological polar surface area (TPSA) is 26.5 Å². The molecule has 0 aliphatic carbocycles. The fourth-order valence-corrected chi connectivity index (χ4v) is 0.486. The average Bonchev–Trinajstić information content (AvgIpc) is 1.90. The van der Waals surface area contributed by atoms with Gasteiger partial charge < -0.3 is 0 Å². The fraction of sp³-hybridized carbons (Fsp3) is 0.167. The highest BCUT2D eigenvalue weighted by atomic mass is 15.0. The maximum Gasteiger partial charge on any atom is 0.146 e. The van der Waals surface area contributed by atoms with Gasteiger partial charge in [-0.15, -0.1) is 0 Å². The summed E-state index contributed by atoms with van der Waals surface area (Å²) in [7, 11) is 1.72. The minimum atomic E-state index is 0.785. The van der Waals surface area contributed by atoms with Crippen molar-refractivity contribution in [2.75, 3.05) is 7.05 Å². The lowest BCUT2D eigenvalue weighted by Gasteiger charge is -1.96. The van der Waals surface area contributed by atoms with Crippen LogP contribution in [0.5, 0.6) is 0 Å². The molecule has 0 N–H and O–H groups in total. The van der Waals surface area contributed by atoms with Crippen LogP contribution in [0, 0.1) is 0 Å². The molecule has 0 spiro atoms. The predicted octanol–water partition coefficient (Wildman–Crippen LogP) is 0.703. The molecule has 0 amide bonds. The van der Waals surface area contributed by atoms with Crippen LogP contribution < -0.4 is 5.32 Å². The second-order valence-electron chi connectivity index (χ2n) is 1.41. The Labute approximate surface area is 48.6 Å². The van der Waals surface area contributed by atoms with E-state index in [9.17, 15) is 0 Å². The highest BCUT2D eigenvalue weighted by Crippen LogP contribution is 1.87. The third-order valence-corrected chi connectivity index (χ3v) is 0.878. The third kappa shape index (κ3) is 0.964. The molecule has 1 rings (SSSR count). The third-order valence-electron chi connectivity index (χ3n) is 0.878. The number of hydrogen-bond donors (Lipinski definition) is 0. The van der Waals surface area contributed by atoms with Crippen LogP contribution in [0.2, 0.25) is 0 Å². The number of nitrogens with zero attached hydrogens (tertiary/aromatic N) is 2. The van der Waals surface area contributed by atoms with E-state index >= 15 is 0 Å². The first kappa shape index (κ1) is 5.09. The van der Waals surface area contributed by atoms with Gasteiger partial charge in [0, 0.05) is 13.2 Å². The summed E-state index contributed by atoms with van der Waals surface area (Å²) in [6.07, 6.45) is 7.37. The summed E-state index contributed by atoms with van der Waals surface area (Å²) in [6.45, 7) is 0. The lowest BCUT2D eigenvalue weighted by molar-refractivity contribution is 1.21.